The van der Waals surface area contributed by atoms with Gasteiger partial charge in [0.2, 0.25) is 5.91 Å². The third-order valence-corrected chi connectivity index (χ3v) is 3.00. The Morgan fingerprint density at radius 2 is 2.26 bits per heavy atom. The van der Waals surface area contributed by atoms with E-state index in [-0.39, 0.29) is 18.1 Å². The van der Waals surface area contributed by atoms with Crippen molar-refractivity contribution in [1.29, 1.82) is 0 Å². The molecule has 1 amide bonds. The number of amides is 1. The van der Waals surface area contributed by atoms with Gasteiger partial charge in [0, 0.05) is 20.0 Å². The third-order valence-electron chi connectivity index (χ3n) is 3.00. The number of ether oxygens (including phenoxy) is 2. The van der Waals surface area contributed by atoms with Crippen LogP contribution in [-0.2, 0) is 9.53 Å². The highest BCUT2D eigenvalue weighted by Crippen LogP contribution is 2.23. The van der Waals surface area contributed by atoms with E-state index in [1.54, 1.807) is 18.2 Å². The molecule has 0 bridgehead atoms. The third kappa shape index (κ3) is 3.32. The van der Waals surface area contributed by atoms with Gasteiger partial charge in [-0.15, -0.1) is 0 Å². The van der Waals surface area contributed by atoms with Gasteiger partial charge in [-0.3, -0.25) is 9.59 Å². The van der Waals surface area contributed by atoms with Gasteiger partial charge in [0.15, 0.2) is 5.78 Å². The van der Waals surface area contributed by atoms with Crippen molar-refractivity contribution >= 4 is 11.7 Å². The number of ketones is 1. The zero-order valence-corrected chi connectivity index (χ0v) is 10.8. The van der Waals surface area contributed by atoms with Crippen molar-refractivity contribution < 1.29 is 19.1 Å². The molecular formula is C14H17NO4. The molecule has 102 valence electrons. The summed E-state index contributed by atoms with van der Waals surface area (Å²) in [5.41, 5.74) is 0.525. The highest BCUT2D eigenvalue weighted by molar-refractivity contribution is 6.04. The molecule has 0 saturated carbocycles. The quantitative estimate of drug-likeness (QED) is 0.885. The number of para-hydroxylation sites is 1. The molecule has 1 aromatic carbocycles. The van der Waals surface area contributed by atoms with Crippen LogP contribution in [0.25, 0.3) is 0 Å². The first-order chi connectivity index (χ1) is 9.22. The number of fused-ring (bicyclic) bond motifs is 1. The van der Waals surface area contributed by atoms with Crippen molar-refractivity contribution in [2.75, 3.05) is 20.3 Å². The Morgan fingerprint density at radius 1 is 1.47 bits per heavy atom. The molecule has 0 aromatic heterocycles. The number of carbonyl (C=O) groups is 2. The van der Waals surface area contributed by atoms with Crippen molar-refractivity contribution in [2.24, 2.45) is 0 Å². The minimum Gasteiger partial charge on any atom is -0.493 e. The summed E-state index contributed by atoms with van der Waals surface area (Å²) in [4.78, 5) is 24.0. The van der Waals surface area contributed by atoms with E-state index >= 15 is 0 Å². The molecule has 1 N–H and O–H groups in total. The molecule has 1 aromatic rings. The van der Waals surface area contributed by atoms with Gasteiger partial charge < -0.3 is 14.8 Å². The Balaban J connectivity index is 2.07. The molecule has 5 heteroatoms. The molecule has 1 aliphatic heterocycles. The maximum absolute atomic E-state index is 12.3. The molecule has 0 saturated heterocycles. The molecular weight excluding hydrogens is 246 g/mol. The number of carbonyl (C=O) groups excluding carboxylic acids is 2. The normalized spacial score (nSPS) is 18.2. The lowest BCUT2D eigenvalue weighted by molar-refractivity contribution is -0.122. The molecule has 5 nitrogen and oxygen atoms in total. The van der Waals surface area contributed by atoms with E-state index in [4.69, 9.17) is 9.47 Å². The second-order valence-corrected chi connectivity index (χ2v) is 4.36. The van der Waals surface area contributed by atoms with Crippen LogP contribution in [0.4, 0.5) is 0 Å². The van der Waals surface area contributed by atoms with Gasteiger partial charge in [0.1, 0.15) is 5.75 Å². The Bertz CT molecular complexity index is 472. The molecule has 1 heterocycles. The van der Waals surface area contributed by atoms with Crippen LogP contribution in [0.1, 0.15) is 23.2 Å². The largest absolute Gasteiger partial charge is 0.493 e. The summed E-state index contributed by atoms with van der Waals surface area (Å²) in [7, 11) is 1.54. The van der Waals surface area contributed by atoms with Gasteiger partial charge >= 0.3 is 0 Å². The Labute approximate surface area is 111 Å². The molecule has 2 rings (SSSR count). The van der Waals surface area contributed by atoms with Gasteiger partial charge in [0.25, 0.3) is 0 Å². The van der Waals surface area contributed by atoms with Crippen molar-refractivity contribution in [3.05, 3.63) is 29.8 Å². The number of hydrogen-bond donors (Lipinski definition) is 1. The van der Waals surface area contributed by atoms with E-state index in [0.29, 0.717) is 30.9 Å². The van der Waals surface area contributed by atoms with Crippen LogP contribution in [0, 0.1) is 0 Å². The minimum atomic E-state index is -0.520. The van der Waals surface area contributed by atoms with Crippen LogP contribution in [0.5, 0.6) is 5.75 Å². The monoisotopic (exact) mass is 263 g/mol. The molecule has 0 spiro atoms. The summed E-state index contributed by atoms with van der Waals surface area (Å²) in [6.07, 6.45) is 0.731. The lowest BCUT2D eigenvalue weighted by Gasteiger charge is -2.14. The molecule has 19 heavy (non-hydrogen) atoms. The number of hydrogen-bond acceptors (Lipinski definition) is 4. The summed E-state index contributed by atoms with van der Waals surface area (Å²) in [5.74, 6) is 0.305. The van der Waals surface area contributed by atoms with Gasteiger partial charge in [-0.25, -0.2) is 0 Å². The summed E-state index contributed by atoms with van der Waals surface area (Å²) in [5, 5.41) is 2.74. The second kappa shape index (κ2) is 6.33. The second-order valence-electron chi connectivity index (χ2n) is 4.36. The molecule has 1 atom stereocenters. The predicted octanol–water partition coefficient (Wildman–Crippen LogP) is 1.17. The Kier molecular flexibility index (Phi) is 4.52. The fourth-order valence-electron chi connectivity index (χ4n) is 2.00. The van der Waals surface area contributed by atoms with E-state index in [2.05, 4.69) is 5.32 Å². The van der Waals surface area contributed by atoms with E-state index in [9.17, 15) is 9.59 Å². The van der Waals surface area contributed by atoms with E-state index in [1.165, 1.54) is 7.11 Å². The van der Waals surface area contributed by atoms with Crippen molar-refractivity contribution in [3.8, 4) is 5.75 Å². The fourth-order valence-corrected chi connectivity index (χ4v) is 2.00. The number of nitrogens with one attached hydrogen (secondary N) is 1. The number of benzene rings is 1. The fraction of sp³-hybridized carbons (Fsp3) is 0.429. The maximum atomic E-state index is 12.3. The van der Waals surface area contributed by atoms with Crippen LogP contribution in [0.15, 0.2) is 24.3 Å². The zero-order chi connectivity index (χ0) is 13.7. The standard InChI is InChI=1S/C14H17NO4/c1-18-8-7-13(16)15-11-6-9-19-12-5-3-2-4-10(12)14(11)17/h2-5,11H,6-9H2,1H3,(H,15,16). The van der Waals surface area contributed by atoms with E-state index in [0.717, 1.165) is 0 Å². The number of methoxy groups -OCH3 is 1. The average molecular weight is 263 g/mol. The lowest BCUT2D eigenvalue weighted by atomic mass is 10.0. The maximum Gasteiger partial charge on any atom is 0.222 e. The lowest BCUT2D eigenvalue weighted by Crippen LogP contribution is -2.41. The highest BCUT2D eigenvalue weighted by Gasteiger charge is 2.27. The first kappa shape index (κ1) is 13.5. The number of rotatable bonds is 4. The van der Waals surface area contributed by atoms with E-state index < -0.39 is 6.04 Å². The van der Waals surface area contributed by atoms with Crippen LogP contribution in [0.2, 0.25) is 0 Å². The predicted molar refractivity (Wildman–Crippen MR) is 69.3 cm³/mol. The molecule has 0 fully saturated rings. The van der Waals surface area contributed by atoms with Gasteiger partial charge in [-0.2, -0.15) is 0 Å². The topological polar surface area (TPSA) is 64.6 Å². The molecule has 0 aliphatic carbocycles. The van der Waals surface area contributed by atoms with Gasteiger partial charge in [0.05, 0.1) is 24.8 Å². The zero-order valence-electron chi connectivity index (χ0n) is 10.8. The van der Waals surface area contributed by atoms with Gasteiger partial charge in [-0.05, 0) is 12.1 Å². The smallest absolute Gasteiger partial charge is 0.222 e. The van der Waals surface area contributed by atoms with Gasteiger partial charge in [-0.1, -0.05) is 12.1 Å². The SMILES string of the molecule is COCCC(=O)NC1CCOc2ccccc2C1=O. The molecule has 1 aliphatic rings. The average Bonchev–Trinajstić information content (AvgIpc) is 2.58. The van der Waals surface area contributed by atoms with Crippen molar-refractivity contribution in [3.63, 3.8) is 0 Å². The first-order valence-corrected chi connectivity index (χ1v) is 6.26. The minimum absolute atomic E-state index is 0.0983. The van der Waals surface area contributed by atoms with Crippen LogP contribution < -0.4 is 10.1 Å². The van der Waals surface area contributed by atoms with Crippen molar-refractivity contribution in [1.82, 2.24) is 5.32 Å². The summed E-state index contributed by atoms with van der Waals surface area (Å²) in [6.45, 7) is 0.762. The molecule has 0 radical (unpaired) electrons. The summed E-state index contributed by atoms with van der Waals surface area (Å²) < 4.78 is 10.4. The van der Waals surface area contributed by atoms with Crippen molar-refractivity contribution in [2.45, 2.75) is 18.9 Å². The first-order valence-electron chi connectivity index (χ1n) is 6.26. The summed E-state index contributed by atoms with van der Waals surface area (Å²) in [6, 6.07) is 6.58. The molecule has 1 unspecified atom stereocenters. The Morgan fingerprint density at radius 3 is 3.05 bits per heavy atom. The van der Waals surface area contributed by atoms with Crippen LogP contribution in [-0.4, -0.2) is 38.1 Å². The highest BCUT2D eigenvalue weighted by atomic mass is 16.5. The summed E-state index contributed by atoms with van der Waals surface area (Å²) >= 11 is 0. The van der Waals surface area contributed by atoms with E-state index in [1.807, 2.05) is 6.07 Å². The van der Waals surface area contributed by atoms with Crippen LogP contribution >= 0.6 is 0 Å². The number of Topliss-reactive ketones (excluding diaryl/α,β-unsaturated/α-hetero) is 1. The Hall–Kier alpha value is -1.88. The van der Waals surface area contributed by atoms with Crippen LogP contribution in [0.3, 0.4) is 0 Å².